The summed E-state index contributed by atoms with van der Waals surface area (Å²) in [6.07, 6.45) is 0.782. The van der Waals surface area contributed by atoms with E-state index >= 15 is 0 Å². The van der Waals surface area contributed by atoms with Gasteiger partial charge in [-0.2, -0.15) is 0 Å². The SMILES string of the molecule is CC(C)NCCN1CCCS1(=O)=O. The molecule has 78 valence electrons. The number of sulfonamides is 1. The van der Waals surface area contributed by atoms with Crippen LogP contribution in [0.15, 0.2) is 0 Å². The van der Waals surface area contributed by atoms with E-state index in [9.17, 15) is 8.42 Å². The van der Waals surface area contributed by atoms with E-state index in [0.29, 0.717) is 24.9 Å². The minimum Gasteiger partial charge on any atom is -0.313 e. The summed E-state index contributed by atoms with van der Waals surface area (Å²) in [6, 6.07) is 0.422. The largest absolute Gasteiger partial charge is 0.313 e. The van der Waals surface area contributed by atoms with Gasteiger partial charge in [0.15, 0.2) is 0 Å². The van der Waals surface area contributed by atoms with Gasteiger partial charge in [0.2, 0.25) is 10.0 Å². The molecule has 13 heavy (non-hydrogen) atoms. The Balaban J connectivity index is 2.29. The molecule has 0 spiro atoms. The molecule has 1 rings (SSSR count). The minimum absolute atomic E-state index is 0.328. The first-order chi connectivity index (χ1) is 6.02. The van der Waals surface area contributed by atoms with Crippen LogP contribution in [0.25, 0.3) is 0 Å². The van der Waals surface area contributed by atoms with E-state index in [1.807, 2.05) is 0 Å². The molecule has 1 aliphatic rings. The van der Waals surface area contributed by atoms with Crippen LogP contribution in [0.2, 0.25) is 0 Å². The van der Waals surface area contributed by atoms with Crippen LogP contribution < -0.4 is 5.32 Å². The van der Waals surface area contributed by atoms with Crippen molar-refractivity contribution in [3.8, 4) is 0 Å². The average molecular weight is 206 g/mol. The molecule has 0 radical (unpaired) electrons. The first-order valence-electron chi connectivity index (χ1n) is 4.73. The van der Waals surface area contributed by atoms with Crippen LogP contribution in [-0.4, -0.2) is 44.2 Å². The highest BCUT2D eigenvalue weighted by Gasteiger charge is 2.27. The van der Waals surface area contributed by atoms with E-state index in [2.05, 4.69) is 19.2 Å². The lowest BCUT2D eigenvalue weighted by atomic mass is 10.4. The lowest BCUT2D eigenvalue weighted by Crippen LogP contribution is -2.35. The quantitative estimate of drug-likeness (QED) is 0.705. The standard InChI is InChI=1S/C8H18N2O2S/c1-8(2)9-4-6-10-5-3-7-13(10,11)12/h8-9H,3-7H2,1-2H3. The molecule has 1 heterocycles. The van der Waals surface area contributed by atoms with Gasteiger partial charge in [0, 0.05) is 25.7 Å². The van der Waals surface area contributed by atoms with Crippen LogP contribution in [0.4, 0.5) is 0 Å². The lowest BCUT2D eigenvalue weighted by Gasteiger charge is -2.15. The Bertz CT molecular complexity index is 249. The maximum atomic E-state index is 11.3. The number of nitrogens with zero attached hydrogens (tertiary/aromatic N) is 1. The van der Waals surface area contributed by atoms with Crippen molar-refractivity contribution >= 4 is 10.0 Å². The second kappa shape index (κ2) is 4.39. The molecular formula is C8H18N2O2S. The van der Waals surface area contributed by atoms with Crippen LogP contribution in [-0.2, 0) is 10.0 Å². The predicted molar refractivity (Wildman–Crippen MR) is 53.1 cm³/mol. The maximum Gasteiger partial charge on any atom is 0.214 e. The monoisotopic (exact) mass is 206 g/mol. The molecule has 0 amide bonds. The summed E-state index contributed by atoms with van der Waals surface area (Å²) in [5.74, 6) is 0.328. The zero-order chi connectivity index (χ0) is 9.90. The van der Waals surface area contributed by atoms with Crippen LogP contribution in [0.3, 0.4) is 0 Å². The molecule has 0 aromatic rings. The summed E-state index contributed by atoms with van der Waals surface area (Å²) < 4.78 is 24.2. The zero-order valence-electron chi connectivity index (χ0n) is 8.28. The average Bonchev–Trinajstić information content (AvgIpc) is 2.30. The van der Waals surface area contributed by atoms with Gasteiger partial charge in [-0.15, -0.1) is 0 Å². The highest BCUT2D eigenvalue weighted by atomic mass is 32.2. The number of hydrogen-bond donors (Lipinski definition) is 1. The number of nitrogens with one attached hydrogen (secondary N) is 1. The number of rotatable bonds is 4. The van der Waals surface area contributed by atoms with Gasteiger partial charge in [0.05, 0.1) is 5.75 Å². The zero-order valence-corrected chi connectivity index (χ0v) is 9.10. The third-order valence-corrected chi connectivity index (χ3v) is 4.07. The number of hydrogen-bond acceptors (Lipinski definition) is 3. The third-order valence-electron chi connectivity index (χ3n) is 2.12. The normalized spacial score (nSPS) is 22.7. The molecule has 0 aromatic heterocycles. The Hall–Kier alpha value is -0.130. The molecule has 1 aliphatic heterocycles. The Labute approximate surface area is 80.4 Å². The van der Waals surface area contributed by atoms with Gasteiger partial charge in [0.1, 0.15) is 0 Å². The van der Waals surface area contributed by atoms with Gasteiger partial charge < -0.3 is 5.32 Å². The summed E-state index contributed by atoms with van der Waals surface area (Å²) in [4.78, 5) is 0. The summed E-state index contributed by atoms with van der Waals surface area (Å²) in [6.45, 7) is 6.16. The van der Waals surface area contributed by atoms with E-state index in [0.717, 1.165) is 13.0 Å². The van der Waals surface area contributed by atoms with Gasteiger partial charge >= 0.3 is 0 Å². The Morgan fingerprint density at radius 3 is 2.62 bits per heavy atom. The fraction of sp³-hybridized carbons (Fsp3) is 1.00. The summed E-state index contributed by atoms with van der Waals surface area (Å²) >= 11 is 0. The van der Waals surface area contributed by atoms with Crippen molar-refractivity contribution in [3.63, 3.8) is 0 Å². The van der Waals surface area contributed by atoms with Gasteiger partial charge in [-0.1, -0.05) is 13.8 Å². The van der Waals surface area contributed by atoms with Crippen molar-refractivity contribution in [2.75, 3.05) is 25.4 Å². The van der Waals surface area contributed by atoms with Gasteiger partial charge in [-0.3, -0.25) is 0 Å². The van der Waals surface area contributed by atoms with Crippen molar-refractivity contribution in [3.05, 3.63) is 0 Å². The second-order valence-corrected chi connectivity index (χ2v) is 5.77. The highest BCUT2D eigenvalue weighted by Crippen LogP contribution is 2.11. The van der Waals surface area contributed by atoms with Gasteiger partial charge in [0.25, 0.3) is 0 Å². The molecule has 0 aromatic carbocycles. The molecule has 0 saturated carbocycles. The molecule has 1 N–H and O–H groups in total. The Morgan fingerprint density at radius 2 is 2.15 bits per heavy atom. The van der Waals surface area contributed by atoms with Crippen LogP contribution in [0, 0.1) is 0 Å². The highest BCUT2D eigenvalue weighted by molar-refractivity contribution is 7.89. The van der Waals surface area contributed by atoms with Crippen LogP contribution in [0.5, 0.6) is 0 Å². The fourth-order valence-electron chi connectivity index (χ4n) is 1.42. The summed E-state index contributed by atoms with van der Waals surface area (Å²) in [5, 5.41) is 3.20. The van der Waals surface area contributed by atoms with Crippen molar-refractivity contribution in [1.29, 1.82) is 0 Å². The molecule has 0 unspecified atom stereocenters. The molecular weight excluding hydrogens is 188 g/mol. The van der Waals surface area contributed by atoms with Gasteiger partial charge in [-0.25, -0.2) is 12.7 Å². The van der Waals surface area contributed by atoms with Crippen molar-refractivity contribution < 1.29 is 8.42 Å². The first kappa shape index (κ1) is 10.9. The fourth-order valence-corrected chi connectivity index (χ4v) is 2.95. The minimum atomic E-state index is -2.89. The van der Waals surface area contributed by atoms with Crippen LogP contribution >= 0.6 is 0 Å². The van der Waals surface area contributed by atoms with Crippen molar-refractivity contribution in [2.24, 2.45) is 0 Å². The van der Waals surface area contributed by atoms with Crippen molar-refractivity contribution in [2.45, 2.75) is 26.3 Å². The molecule has 5 heteroatoms. The molecule has 4 nitrogen and oxygen atoms in total. The van der Waals surface area contributed by atoms with E-state index < -0.39 is 10.0 Å². The van der Waals surface area contributed by atoms with E-state index in [1.54, 1.807) is 4.31 Å². The molecule has 0 bridgehead atoms. The maximum absolute atomic E-state index is 11.3. The molecule has 0 aliphatic carbocycles. The smallest absolute Gasteiger partial charge is 0.214 e. The van der Waals surface area contributed by atoms with Crippen molar-refractivity contribution in [1.82, 2.24) is 9.62 Å². The Kier molecular flexibility index (Phi) is 3.70. The Morgan fingerprint density at radius 1 is 1.46 bits per heavy atom. The summed E-state index contributed by atoms with van der Waals surface area (Å²) in [5.41, 5.74) is 0. The van der Waals surface area contributed by atoms with E-state index in [1.165, 1.54) is 0 Å². The predicted octanol–water partition coefficient (Wildman–Crippen LogP) is 0.0199. The third kappa shape index (κ3) is 3.25. The first-order valence-corrected chi connectivity index (χ1v) is 6.34. The summed E-state index contributed by atoms with van der Waals surface area (Å²) in [7, 11) is -2.89. The lowest BCUT2D eigenvalue weighted by molar-refractivity contribution is 0.424. The molecule has 0 atom stereocenters. The van der Waals surface area contributed by atoms with E-state index in [-0.39, 0.29) is 0 Å². The van der Waals surface area contributed by atoms with Gasteiger partial charge in [-0.05, 0) is 6.42 Å². The topological polar surface area (TPSA) is 49.4 Å². The molecule has 1 fully saturated rings. The van der Waals surface area contributed by atoms with E-state index in [4.69, 9.17) is 0 Å². The second-order valence-electron chi connectivity index (χ2n) is 3.68. The molecule has 1 saturated heterocycles. The van der Waals surface area contributed by atoms with Crippen LogP contribution in [0.1, 0.15) is 20.3 Å².